The monoisotopic (exact) mass is 656 g/mol. The molecule has 18 heteroatoms. The van der Waals surface area contributed by atoms with Gasteiger partial charge in [0.2, 0.25) is 0 Å². The van der Waals surface area contributed by atoms with Crippen molar-refractivity contribution >= 4 is 17.6 Å². The van der Waals surface area contributed by atoms with Gasteiger partial charge in [-0.1, -0.05) is 11.5 Å². The Hall–Kier alpha value is -4.25. The summed E-state index contributed by atoms with van der Waals surface area (Å²) in [6, 6.07) is 4.56. The first-order chi connectivity index (χ1) is 20.9. The van der Waals surface area contributed by atoms with Crippen molar-refractivity contribution in [2.45, 2.75) is 64.4 Å². The number of tetrazole rings is 1. The van der Waals surface area contributed by atoms with E-state index in [-0.39, 0.29) is 30.5 Å². The maximum atomic E-state index is 13.5. The highest BCUT2D eigenvalue weighted by Gasteiger charge is 2.37. The zero-order valence-electron chi connectivity index (χ0n) is 24.0. The van der Waals surface area contributed by atoms with Crippen LogP contribution in [0.1, 0.15) is 54.9 Å². The summed E-state index contributed by atoms with van der Waals surface area (Å²) in [5.41, 5.74) is -2.93. The fourth-order valence-corrected chi connectivity index (χ4v) is 4.53. The number of carboxylic acid groups (broad SMARTS) is 1. The van der Waals surface area contributed by atoms with E-state index in [9.17, 15) is 44.3 Å². The van der Waals surface area contributed by atoms with Crippen LogP contribution in [0.3, 0.4) is 0 Å². The van der Waals surface area contributed by atoms with E-state index >= 15 is 0 Å². The molecular formula is C27H29F9N6O3. The second-order valence-corrected chi connectivity index (χ2v) is 9.97. The Morgan fingerprint density at radius 1 is 0.889 bits per heavy atom. The third kappa shape index (κ3) is 10.7. The number of rotatable bonds is 14. The van der Waals surface area contributed by atoms with Crippen LogP contribution in [0.25, 0.3) is 0 Å². The van der Waals surface area contributed by atoms with Gasteiger partial charge in [-0.3, -0.25) is 4.79 Å². The van der Waals surface area contributed by atoms with E-state index in [0.717, 1.165) is 16.9 Å². The summed E-state index contributed by atoms with van der Waals surface area (Å²) < 4.78 is 125. The highest BCUT2D eigenvalue weighted by molar-refractivity contribution is 5.66. The molecule has 3 rings (SSSR count). The second kappa shape index (κ2) is 14.2. The fraction of sp³-hybridized carbons (Fsp3) is 0.481. The van der Waals surface area contributed by atoms with Crippen molar-refractivity contribution in [1.29, 1.82) is 0 Å². The third-order valence-corrected chi connectivity index (χ3v) is 6.49. The quantitative estimate of drug-likeness (QED) is 0.149. The van der Waals surface area contributed by atoms with Crippen molar-refractivity contribution < 1.29 is 54.2 Å². The van der Waals surface area contributed by atoms with Crippen LogP contribution in [0.2, 0.25) is 0 Å². The Bertz CT molecular complexity index is 1410. The lowest BCUT2D eigenvalue weighted by atomic mass is 10.0. The Kier molecular flexibility index (Phi) is 11.1. The Labute approximate surface area is 251 Å². The highest BCUT2D eigenvalue weighted by Crippen LogP contribution is 2.37. The van der Waals surface area contributed by atoms with Gasteiger partial charge in [-0.25, -0.2) is 0 Å². The number of aryl methyl sites for hydroxylation is 1. The number of ether oxygens (including phenoxy) is 1. The normalized spacial score (nSPS) is 12.3. The first-order valence-electron chi connectivity index (χ1n) is 13.5. The molecule has 9 nitrogen and oxygen atoms in total. The lowest BCUT2D eigenvalue weighted by Crippen LogP contribution is -2.29. The number of alkyl halides is 9. The zero-order chi connectivity index (χ0) is 33.6. The molecule has 1 heterocycles. The zero-order valence-corrected chi connectivity index (χ0v) is 24.0. The van der Waals surface area contributed by atoms with Crippen LogP contribution in [0.5, 0.6) is 5.75 Å². The van der Waals surface area contributed by atoms with Crippen LogP contribution in [0.15, 0.2) is 36.4 Å². The average molecular weight is 657 g/mol. The standard InChI is InChI=1S/C27H29F9N6O3/c1-3-41(10-6-4-5-7-23(43)44)22-9-8-21(45-27(34,35)36)13-18(22)16-42(24-37-39-40(2)38-24)15-17-11-19(25(28,29)30)14-20(12-17)26(31,32)33/h8-9,11-14H,3-7,10,15-16H2,1-2H3,(H,43,44). The van der Waals surface area contributed by atoms with Gasteiger partial charge in [0, 0.05) is 38.3 Å². The number of anilines is 2. The summed E-state index contributed by atoms with van der Waals surface area (Å²) in [4.78, 5) is 14.8. The van der Waals surface area contributed by atoms with E-state index in [1.165, 1.54) is 18.0 Å². The Morgan fingerprint density at radius 3 is 2.04 bits per heavy atom. The van der Waals surface area contributed by atoms with E-state index in [1.807, 2.05) is 0 Å². The molecule has 0 amide bonds. The molecule has 3 aromatic rings. The van der Waals surface area contributed by atoms with Crippen LogP contribution in [-0.4, -0.2) is 50.7 Å². The van der Waals surface area contributed by atoms with Gasteiger partial charge in [-0.15, -0.1) is 18.3 Å². The van der Waals surface area contributed by atoms with Crippen molar-refractivity contribution in [3.63, 3.8) is 0 Å². The van der Waals surface area contributed by atoms with Crippen LogP contribution in [0, 0.1) is 0 Å². The lowest BCUT2D eigenvalue weighted by Gasteiger charge is -2.29. The second-order valence-electron chi connectivity index (χ2n) is 9.97. The molecule has 1 N–H and O–H groups in total. The Balaban J connectivity index is 2.05. The summed E-state index contributed by atoms with van der Waals surface area (Å²) in [5, 5.41) is 20.4. The number of carboxylic acids is 1. The molecule has 248 valence electrons. The van der Waals surface area contributed by atoms with Gasteiger partial charge in [-0.05, 0) is 72.5 Å². The molecule has 45 heavy (non-hydrogen) atoms. The van der Waals surface area contributed by atoms with Crippen molar-refractivity contribution in [2.24, 2.45) is 7.05 Å². The number of unbranched alkanes of at least 4 members (excludes halogenated alkanes) is 2. The van der Waals surface area contributed by atoms with Gasteiger partial charge in [0.05, 0.1) is 18.2 Å². The minimum Gasteiger partial charge on any atom is -0.481 e. The van der Waals surface area contributed by atoms with Crippen LogP contribution in [0.4, 0.5) is 51.1 Å². The summed E-state index contributed by atoms with van der Waals surface area (Å²) in [6.45, 7) is 1.52. The summed E-state index contributed by atoms with van der Waals surface area (Å²) in [5.74, 6) is -1.77. The smallest absolute Gasteiger partial charge is 0.481 e. The number of benzene rings is 2. The van der Waals surface area contributed by atoms with E-state index in [0.29, 0.717) is 50.2 Å². The molecule has 0 fully saturated rings. The topological polar surface area (TPSA) is 96.6 Å². The first-order valence-corrected chi connectivity index (χ1v) is 13.5. The summed E-state index contributed by atoms with van der Waals surface area (Å²) in [7, 11) is 1.37. The number of hydrogen-bond donors (Lipinski definition) is 1. The predicted molar refractivity (Wildman–Crippen MR) is 142 cm³/mol. The average Bonchev–Trinajstić information content (AvgIpc) is 3.35. The van der Waals surface area contributed by atoms with Crippen molar-refractivity contribution in [1.82, 2.24) is 20.2 Å². The molecule has 0 saturated carbocycles. The molecule has 1 aromatic heterocycles. The third-order valence-electron chi connectivity index (χ3n) is 6.49. The predicted octanol–water partition coefficient (Wildman–Crippen LogP) is 6.82. The van der Waals surface area contributed by atoms with Crippen molar-refractivity contribution in [2.75, 3.05) is 22.9 Å². The number of aromatic nitrogens is 4. The maximum absolute atomic E-state index is 13.5. The highest BCUT2D eigenvalue weighted by atomic mass is 19.4. The number of hydrogen-bond acceptors (Lipinski definition) is 7. The van der Waals surface area contributed by atoms with E-state index in [4.69, 9.17) is 5.11 Å². The summed E-state index contributed by atoms with van der Waals surface area (Å²) in [6.07, 6.45) is -13.8. The molecular weight excluding hydrogens is 627 g/mol. The van der Waals surface area contributed by atoms with Gasteiger partial charge in [0.15, 0.2) is 0 Å². The van der Waals surface area contributed by atoms with Crippen molar-refractivity contribution in [3.05, 3.63) is 58.7 Å². The van der Waals surface area contributed by atoms with E-state index in [1.54, 1.807) is 11.8 Å². The molecule has 0 radical (unpaired) electrons. The van der Waals surface area contributed by atoms with Gasteiger partial charge in [0.25, 0.3) is 5.95 Å². The first kappa shape index (κ1) is 35.2. The molecule has 0 atom stereocenters. The molecule has 0 unspecified atom stereocenters. The van der Waals surface area contributed by atoms with Gasteiger partial charge in [0.1, 0.15) is 5.75 Å². The van der Waals surface area contributed by atoms with Crippen molar-refractivity contribution in [3.8, 4) is 5.75 Å². The SMILES string of the molecule is CCN(CCCCCC(=O)O)c1ccc(OC(F)(F)F)cc1CN(Cc1cc(C(F)(F)F)cc(C(F)(F)F)c1)c1nnn(C)n1. The molecule has 0 aliphatic heterocycles. The van der Waals surface area contributed by atoms with Crippen LogP contribution < -0.4 is 14.5 Å². The van der Waals surface area contributed by atoms with Gasteiger partial charge >= 0.3 is 24.7 Å². The summed E-state index contributed by atoms with van der Waals surface area (Å²) >= 11 is 0. The number of nitrogens with zero attached hydrogens (tertiary/aromatic N) is 6. The van der Waals surface area contributed by atoms with Gasteiger partial charge < -0.3 is 19.6 Å². The fourth-order valence-electron chi connectivity index (χ4n) is 4.53. The number of carbonyl (C=O) groups is 1. The van der Waals surface area contributed by atoms with Gasteiger partial charge in [-0.2, -0.15) is 31.1 Å². The number of aliphatic carboxylic acids is 1. The van der Waals surface area contributed by atoms with E-state index < -0.39 is 53.7 Å². The Morgan fingerprint density at radius 2 is 1.53 bits per heavy atom. The lowest BCUT2D eigenvalue weighted by molar-refractivity contribution is -0.274. The molecule has 0 saturated heterocycles. The number of halogens is 9. The van der Waals surface area contributed by atoms with Crippen LogP contribution in [-0.2, 0) is 37.3 Å². The minimum absolute atomic E-state index is 0.0138. The largest absolute Gasteiger partial charge is 0.573 e. The van der Waals surface area contributed by atoms with Crippen LogP contribution >= 0.6 is 0 Å². The maximum Gasteiger partial charge on any atom is 0.573 e. The minimum atomic E-state index is -5.10. The molecule has 0 spiro atoms. The molecule has 2 aromatic carbocycles. The molecule has 0 aliphatic carbocycles. The van der Waals surface area contributed by atoms with E-state index in [2.05, 4.69) is 20.1 Å². The molecule has 0 aliphatic rings. The molecule has 0 bridgehead atoms.